The van der Waals surface area contributed by atoms with Crippen molar-refractivity contribution in [3.8, 4) is 0 Å². The number of nitro groups is 2. The number of benzene rings is 1. The van der Waals surface area contributed by atoms with Crippen molar-refractivity contribution >= 4 is 23.7 Å². The van der Waals surface area contributed by atoms with Gasteiger partial charge in [-0.3, -0.25) is 10.1 Å². The van der Waals surface area contributed by atoms with Crippen molar-refractivity contribution in [2.75, 3.05) is 0 Å². The minimum Gasteiger partial charge on any atom is -0.358 e. The van der Waals surface area contributed by atoms with E-state index in [-0.39, 0.29) is 17.2 Å². The average molecular weight is 260 g/mol. The summed E-state index contributed by atoms with van der Waals surface area (Å²) >= 11 is 0. The Morgan fingerprint density at radius 2 is 1.95 bits per heavy atom. The van der Waals surface area contributed by atoms with Crippen LogP contribution in [0.3, 0.4) is 0 Å². The summed E-state index contributed by atoms with van der Waals surface area (Å²) in [4.78, 5) is 26.4. The first-order valence-electron chi connectivity index (χ1n) is 5.18. The van der Waals surface area contributed by atoms with Crippen molar-refractivity contribution in [3.63, 3.8) is 0 Å². The first kappa shape index (κ1) is 12.4. The Labute approximate surface area is 106 Å². The predicted molar refractivity (Wildman–Crippen MR) is 67.3 cm³/mol. The van der Waals surface area contributed by atoms with Gasteiger partial charge in [0, 0.05) is 12.1 Å². The molecular weight excluding hydrogens is 252 g/mol. The van der Waals surface area contributed by atoms with Gasteiger partial charge in [-0.05, 0) is 16.6 Å². The molecule has 8 nitrogen and oxygen atoms in total. The van der Waals surface area contributed by atoms with E-state index in [2.05, 4.69) is 9.97 Å². The van der Waals surface area contributed by atoms with Gasteiger partial charge in [-0.2, -0.15) is 0 Å². The molecule has 1 heterocycles. The van der Waals surface area contributed by atoms with Gasteiger partial charge in [-0.15, -0.1) is 0 Å². The highest BCUT2D eigenvalue weighted by atomic mass is 16.6. The fourth-order valence-electron chi connectivity index (χ4n) is 1.48. The number of nitrogens with one attached hydrogen (secondary N) is 1. The molecule has 96 valence electrons. The number of rotatable bonds is 4. The minimum absolute atomic E-state index is 0.0429. The molecule has 1 N–H and O–H groups in total. The second-order valence-corrected chi connectivity index (χ2v) is 3.58. The highest BCUT2D eigenvalue weighted by Gasteiger charge is 2.12. The number of aromatic amines is 1. The van der Waals surface area contributed by atoms with Crippen LogP contribution in [0.2, 0.25) is 0 Å². The van der Waals surface area contributed by atoms with Gasteiger partial charge in [0.2, 0.25) is 0 Å². The lowest BCUT2D eigenvalue weighted by molar-refractivity contribution is -0.389. The van der Waals surface area contributed by atoms with Gasteiger partial charge in [0.25, 0.3) is 5.69 Å². The predicted octanol–water partition coefficient (Wildman–Crippen LogP) is 2.40. The number of nitro benzene ring substituents is 1. The molecule has 8 heteroatoms. The Hall–Kier alpha value is -3.03. The van der Waals surface area contributed by atoms with Gasteiger partial charge in [-0.25, -0.2) is 9.97 Å². The zero-order valence-electron chi connectivity index (χ0n) is 9.52. The van der Waals surface area contributed by atoms with E-state index >= 15 is 0 Å². The van der Waals surface area contributed by atoms with Crippen LogP contribution in [0.4, 0.5) is 11.5 Å². The average Bonchev–Trinajstić information content (AvgIpc) is 2.85. The van der Waals surface area contributed by atoms with Crippen molar-refractivity contribution < 1.29 is 9.85 Å². The number of nitrogens with zero attached hydrogens (tertiary/aromatic N) is 3. The van der Waals surface area contributed by atoms with Crippen molar-refractivity contribution in [3.05, 3.63) is 62.1 Å². The van der Waals surface area contributed by atoms with Gasteiger partial charge < -0.3 is 10.1 Å². The van der Waals surface area contributed by atoms with Crippen LogP contribution in [-0.4, -0.2) is 19.8 Å². The SMILES string of the molecule is O=[N+]([O-])c1cccc(/C=C\c2nc[nH]c2[N+](=O)[O-])c1. The third-order valence-electron chi connectivity index (χ3n) is 2.34. The molecule has 0 unspecified atom stereocenters. The first-order chi connectivity index (χ1) is 9.08. The maximum atomic E-state index is 10.6. The summed E-state index contributed by atoms with van der Waals surface area (Å²) in [7, 11) is 0. The summed E-state index contributed by atoms with van der Waals surface area (Å²) in [6.45, 7) is 0. The van der Waals surface area contributed by atoms with E-state index in [4.69, 9.17) is 0 Å². The normalized spacial score (nSPS) is 10.7. The van der Waals surface area contributed by atoms with Crippen LogP contribution >= 0.6 is 0 Å². The molecule has 0 spiro atoms. The summed E-state index contributed by atoms with van der Waals surface area (Å²) < 4.78 is 0. The molecule has 0 radical (unpaired) electrons. The quantitative estimate of drug-likeness (QED) is 0.669. The third kappa shape index (κ3) is 2.80. The van der Waals surface area contributed by atoms with Crippen LogP contribution in [-0.2, 0) is 0 Å². The Morgan fingerprint density at radius 1 is 1.16 bits per heavy atom. The molecule has 0 amide bonds. The summed E-state index contributed by atoms with van der Waals surface area (Å²) in [5.74, 6) is -0.221. The van der Waals surface area contributed by atoms with E-state index < -0.39 is 9.85 Å². The summed E-state index contributed by atoms with van der Waals surface area (Å²) in [5.41, 5.74) is 0.682. The number of hydrogen-bond donors (Lipinski definition) is 1. The van der Waals surface area contributed by atoms with Crippen LogP contribution in [0.5, 0.6) is 0 Å². The lowest BCUT2D eigenvalue weighted by Gasteiger charge is -1.94. The van der Waals surface area contributed by atoms with Gasteiger partial charge in [0.15, 0.2) is 12.0 Å². The fourth-order valence-corrected chi connectivity index (χ4v) is 1.48. The van der Waals surface area contributed by atoms with Gasteiger partial charge in [-0.1, -0.05) is 18.2 Å². The second kappa shape index (κ2) is 5.08. The molecule has 0 aliphatic rings. The summed E-state index contributed by atoms with van der Waals surface area (Å²) in [5, 5.41) is 21.3. The van der Waals surface area contributed by atoms with E-state index in [1.54, 1.807) is 6.07 Å². The number of H-pyrrole nitrogens is 1. The lowest BCUT2D eigenvalue weighted by Crippen LogP contribution is -1.90. The Bertz CT molecular complexity index is 662. The highest BCUT2D eigenvalue weighted by Crippen LogP contribution is 2.18. The van der Waals surface area contributed by atoms with Gasteiger partial charge in [0.1, 0.15) is 0 Å². The molecule has 19 heavy (non-hydrogen) atoms. The molecule has 1 aromatic carbocycles. The van der Waals surface area contributed by atoms with Crippen LogP contribution in [0, 0.1) is 20.2 Å². The van der Waals surface area contributed by atoms with Crippen molar-refractivity contribution in [2.45, 2.75) is 0 Å². The molecule has 0 fully saturated rings. The number of aromatic nitrogens is 2. The highest BCUT2D eigenvalue weighted by molar-refractivity contribution is 5.71. The van der Waals surface area contributed by atoms with Crippen molar-refractivity contribution in [1.29, 1.82) is 0 Å². The van der Waals surface area contributed by atoms with Crippen LogP contribution in [0.25, 0.3) is 12.2 Å². The maximum Gasteiger partial charge on any atom is 0.347 e. The minimum atomic E-state index is -0.583. The maximum absolute atomic E-state index is 10.6. The fraction of sp³-hybridized carbons (Fsp3) is 0. The molecule has 1 aromatic heterocycles. The largest absolute Gasteiger partial charge is 0.358 e. The molecule has 0 saturated heterocycles. The van der Waals surface area contributed by atoms with Gasteiger partial charge in [0.05, 0.1) is 4.92 Å². The Kier molecular flexibility index (Phi) is 3.33. The standard InChI is InChI=1S/C11H8N4O4/c16-14(17)9-3-1-2-8(6-9)4-5-10-11(15(18)19)13-7-12-10/h1-7H,(H,12,13)/b5-4-. The van der Waals surface area contributed by atoms with Crippen molar-refractivity contribution in [2.24, 2.45) is 0 Å². The Morgan fingerprint density at radius 3 is 2.63 bits per heavy atom. The van der Waals surface area contributed by atoms with Gasteiger partial charge >= 0.3 is 5.82 Å². The van der Waals surface area contributed by atoms with E-state index in [1.165, 1.54) is 36.7 Å². The molecule has 0 aliphatic carbocycles. The molecule has 0 aliphatic heterocycles. The zero-order chi connectivity index (χ0) is 13.8. The van der Waals surface area contributed by atoms with Crippen LogP contribution in [0.1, 0.15) is 11.3 Å². The summed E-state index contributed by atoms with van der Waals surface area (Å²) in [6, 6.07) is 5.93. The molecule has 0 bridgehead atoms. The molecule has 0 atom stereocenters. The van der Waals surface area contributed by atoms with Crippen LogP contribution in [0.15, 0.2) is 30.6 Å². The number of non-ortho nitro benzene ring substituents is 1. The zero-order valence-corrected chi connectivity index (χ0v) is 9.52. The number of imidazole rings is 1. The smallest absolute Gasteiger partial charge is 0.347 e. The second-order valence-electron chi connectivity index (χ2n) is 3.58. The Balaban J connectivity index is 2.27. The third-order valence-corrected chi connectivity index (χ3v) is 2.34. The lowest BCUT2D eigenvalue weighted by atomic mass is 10.2. The van der Waals surface area contributed by atoms with Crippen molar-refractivity contribution in [1.82, 2.24) is 9.97 Å². The van der Waals surface area contributed by atoms with E-state index in [0.29, 0.717) is 5.56 Å². The first-order valence-corrected chi connectivity index (χ1v) is 5.18. The van der Waals surface area contributed by atoms with Crippen LogP contribution < -0.4 is 0 Å². The molecule has 2 aromatic rings. The molecule has 0 saturated carbocycles. The van der Waals surface area contributed by atoms with E-state index in [9.17, 15) is 20.2 Å². The van der Waals surface area contributed by atoms with E-state index in [0.717, 1.165) is 0 Å². The number of hydrogen-bond acceptors (Lipinski definition) is 5. The summed E-state index contributed by atoms with van der Waals surface area (Å²) in [6.07, 6.45) is 4.16. The topological polar surface area (TPSA) is 115 Å². The molecular formula is C11H8N4O4. The van der Waals surface area contributed by atoms with E-state index in [1.807, 2.05) is 0 Å². The molecule has 2 rings (SSSR count). The monoisotopic (exact) mass is 260 g/mol.